The zero-order valence-electron chi connectivity index (χ0n) is 11.6. The number of hydrogen-bond donors (Lipinski definition) is 3. The van der Waals surface area contributed by atoms with Crippen molar-refractivity contribution in [2.75, 3.05) is 39.3 Å². The summed E-state index contributed by atoms with van der Waals surface area (Å²) in [5, 5.41) is 8.98. The Labute approximate surface area is 114 Å². The summed E-state index contributed by atoms with van der Waals surface area (Å²) in [7, 11) is 0. The minimum Gasteiger partial charge on any atom is -0.355 e. The Morgan fingerprint density at radius 3 is 2.79 bits per heavy atom. The summed E-state index contributed by atoms with van der Waals surface area (Å²) in [4.78, 5) is 25.8. The van der Waals surface area contributed by atoms with Crippen molar-refractivity contribution in [1.82, 2.24) is 20.9 Å². The van der Waals surface area contributed by atoms with Crippen LogP contribution in [0, 0.1) is 5.92 Å². The lowest BCUT2D eigenvalue weighted by Crippen LogP contribution is -2.59. The zero-order chi connectivity index (χ0) is 13.7. The fourth-order valence-corrected chi connectivity index (χ4v) is 2.31. The van der Waals surface area contributed by atoms with Gasteiger partial charge in [0.2, 0.25) is 11.8 Å². The maximum absolute atomic E-state index is 11.9. The largest absolute Gasteiger partial charge is 0.355 e. The summed E-state index contributed by atoms with van der Waals surface area (Å²) in [5.74, 6) is 0.721. The molecular formula is C13H24N4O2. The van der Waals surface area contributed by atoms with Crippen molar-refractivity contribution in [3.05, 3.63) is 0 Å². The molecule has 6 heteroatoms. The van der Waals surface area contributed by atoms with E-state index in [1.807, 2.05) is 11.8 Å². The van der Waals surface area contributed by atoms with Crippen molar-refractivity contribution >= 4 is 11.8 Å². The fourth-order valence-electron chi connectivity index (χ4n) is 2.31. The number of nitrogens with one attached hydrogen (secondary N) is 3. The highest BCUT2D eigenvalue weighted by Crippen LogP contribution is 2.27. The molecule has 1 saturated heterocycles. The van der Waals surface area contributed by atoms with Crippen LogP contribution in [0.4, 0.5) is 0 Å². The van der Waals surface area contributed by atoms with Crippen LogP contribution in [-0.4, -0.2) is 62.0 Å². The molecule has 0 aromatic rings. The molecule has 1 aliphatic heterocycles. The Bertz CT molecular complexity index is 331. The lowest BCUT2D eigenvalue weighted by molar-refractivity contribution is -0.129. The summed E-state index contributed by atoms with van der Waals surface area (Å²) in [5.41, 5.74) is 0. The second kappa shape index (κ2) is 6.86. The van der Waals surface area contributed by atoms with Crippen molar-refractivity contribution in [2.45, 2.75) is 25.8 Å². The molecule has 1 unspecified atom stereocenters. The summed E-state index contributed by atoms with van der Waals surface area (Å²) >= 11 is 0. The van der Waals surface area contributed by atoms with Gasteiger partial charge in [-0.2, -0.15) is 0 Å². The number of likely N-dealkylation sites (N-methyl/N-ethyl adjacent to an activating group) is 1. The van der Waals surface area contributed by atoms with Crippen LogP contribution in [0.3, 0.4) is 0 Å². The van der Waals surface area contributed by atoms with Crippen LogP contribution < -0.4 is 16.0 Å². The first-order chi connectivity index (χ1) is 9.20. The molecule has 2 amide bonds. The van der Waals surface area contributed by atoms with Gasteiger partial charge in [-0.25, -0.2) is 0 Å². The van der Waals surface area contributed by atoms with Crippen LogP contribution in [0.1, 0.15) is 19.8 Å². The van der Waals surface area contributed by atoms with E-state index in [4.69, 9.17) is 0 Å². The molecule has 3 N–H and O–H groups in total. The highest BCUT2D eigenvalue weighted by Gasteiger charge is 2.30. The Morgan fingerprint density at radius 2 is 2.11 bits per heavy atom. The van der Waals surface area contributed by atoms with E-state index in [2.05, 4.69) is 16.0 Å². The van der Waals surface area contributed by atoms with Gasteiger partial charge in [0.15, 0.2) is 0 Å². The van der Waals surface area contributed by atoms with Crippen LogP contribution in [0.25, 0.3) is 0 Å². The second-order valence-electron chi connectivity index (χ2n) is 5.33. The number of rotatable bonds is 6. The molecule has 1 heterocycles. The molecule has 2 fully saturated rings. The van der Waals surface area contributed by atoms with Crippen LogP contribution in [0.15, 0.2) is 0 Å². The molecule has 0 spiro atoms. The van der Waals surface area contributed by atoms with Crippen molar-refractivity contribution in [2.24, 2.45) is 5.92 Å². The first-order valence-electron chi connectivity index (χ1n) is 7.20. The molecule has 1 saturated carbocycles. The highest BCUT2D eigenvalue weighted by molar-refractivity contribution is 5.84. The van der Waals surface area contributed by atoms with Crippen LogP contribution in [-0.2, 0) is 9.59 Å². The average molecular weight is 268 g/mol. The van der Waals surface area contributed by atoms with Crippen molar-refractivity contribution in [3.8, 4) is 0 Å². The molecule has 0 aromatic carbocycles. The van der Waals surface area contributed by atoms with E-state index < -0.39 is 0 Å². The molecule has 0 aromatic heterocycles. The second-order valence-corrected chi connectivity index (χ2v) is 5.33. The molecular weight excluding hydrogens is 244 g/mol. The van der Waals surface area contributed by atoms with Crippen molar-refractivity contribution in [3.63, 3.8) is 0 Å². The van der Waals surface area contributed by atoms with Crippen LogP contribution in [0.2, 0.25) is 0 Å². The average Bonchev–Trinajstić information content (AvgIpc) is 3.21. The number of piperazine rings is 1. The Balaban J connectivity index is 1.80. The van der Waals surface area contributed by atoms with Gasteiger partial charge in [0.25, 0.3) is 0 Å². The summed E-state index contributed by atoms with van der Waals surface area (Å²) in [6, 6.07) is -0.236. The lowest BCUT2D eigenvalue weighted by Gasteiger charge is -2.34. The molecule has 1 atom stereocenters. The molecule has 0 radical (unpaired) electrons. The first-order valence-corrected chi connectivity index (χ1v) is 7.20. The first kappa shape index (κ1) is 14.3. The summed E-state index contributed by atoms with van der Waals surface area (Å²) < 4.78 is 0. The summed E-state index contributed by atoms with van der Waals surface area (Å²) in [6.45, 7) is 5.80. The number of amides is 2. The minimum atomic E-state index is -0.236. The van der Waals surface area contributed by atoms with E-state index in [-0.39, 0.29) is 17.9 Å². The third kappa shape index (κ3) is 4.47. The Kier molecular flexibility index (Phi) is 5.15. The van der Waals surface area contributed by atoms with Gasteiger partial charge >= 0.3 is 0 Å². The van der Waals surface area contributed by atoms with Gasteiger partial charge in [-0.05, 0) is 25.7 Å². The van der Waals surface area contributed by atoms with Crippen molar-refractivity contribution < 1.29 is 9.59 Å². The van der Waals surface area contributed by atoms with Crippen LogP contribution in [0.5, 0.6) is 0 Å². The van der Waals surface area contributed by atoms with E-state index in [0.29, 0.717) is 25.6 Å². The topological polar surface area (TPSA) is 73.5 Å². The van der Waals surface area contributed by atoms with Gasteiger partial charge in [-0.15, -0.1) is 0 Å². The molecule has 1 aliphatic carbocycles. The van der Waals surface area contributed by atoms with Crippen molar-refractivity contribution in [1.29, 1.82) is 0 Å². The monoisotopic (exact) mass is 268 g/mol. The Morgan fingerprint density at radius 1 is 1.32 bits per heavy atom. The molecule has 6 nitrogen and oxygen atoms in total. The SMILES string of the molecule is CCNC(=O)C1CNCCN1CC(=O)NCC1CC1. The lowest BCUT2D eigenvalue weighted by atomic mass is 10.1. The standard InChI is InChI=1S/C13H24N4O2/c1-2-15-13(19)11-8-14-5-6-17(11)9-12(18)16-7-10-3-4-10/h10-11,14H,2-9H2,1H3,(H,15,19)(H,16,18). The predicted octanol–water partition coefficient (Wildman–Crippen LogP) is -1.08. The molecule has 108 valence electrons. The van der Waals surface area contributed by atoms with Gasteiger partial charge in [-0.3, -0.25) is 14.5 Å². The molecule has 2 aliphatic rings. The summed E-state index contributed by atoms with van der Waals surface area (Å²) in [6.07, 6.45) is 2.46. The number of carbonyl (C=O) groups is 2. The minimum absolute atomic E-state index is 0.00435. The van der Waals surface area contributed by atoms with E-state index in [9.17, 15) is 9.59 Å². The van der Waals surface area contributed by atoms with E-state index >= 15 is 0 Å². The quantitative estimate of drug-likeness (QED) is 0.573. The van der Waals surface area contributed by atoms with Gasteiger partial charge in [0.05, 0.1) is 6.54 Å². The zero-order valence-corrected chi connectivity index (χ0v) is 11.6. The maximum atomic E-state index is 11.9. The van der Waals surface area contributed by atoms with E-state index in [0.717, 1.165) is 19.6 Å². The Hall–Kier alpha value is -1.14. The number of nitrogens with zero attached hydrogens (tertiary/aromatic N) is 1. The molecule has 0 bridgehead atoms. The smallest absolute Gasteiger partial charge is 0.238 e. The van der Waals surface area contributed by atoms with Crippen LogP contribution >= 0.6 is 0 Å². The third-order valence-corrected chi connectivity index (χ3v) is 3.64. The maximum Gasteiger partial charge on any atom is 0.238 e. The van der Waals surface area contributed by atoms with Gasteiger partial charge in [-0.1, -0.05) is 0 Å². The fraction of sp³-hybridized carbons (Fsp3) is 0.846. The van der Waals surface area contributed by atoms with Gasteiger partial charge in [0.1, 0.15) is 6.04 Å². The molecule has 19 heavy (non-hydrogen) atoms. The normalized spacial score (nSPS) is 23.9. The third-order valence-electron chi connectivity index (χ3n) is 3.64. The van der Waals surface area contributed by atoms with E-state index in [1.165, 1.54) is 12.8 Å². The number of hydrogen-bond acceptors (Lipinski definition) is 4. The van der Waals surface area contributed by atoms with Gasteiger partial charge < -0.3 is 16.0 Å². The highest BCUT2D eigenvalue weighted by atomic mass is 16.2. The predicted molar refractivity (Wildman–Crippen MR) is 72.6 cm³/mol. The number of carbonyl (C=O) groups excluding carboxylic acids is 2. The van der Waals surface area contributed by atoms with Gasteiger partial charge in [0, 0.05) is 32.7 Å². The van der Waals surface area contributed by atoms with E-state index in [1.54, 1.807) is 0 Å². The molecule has 2 rings (SSSR count).